The Labute approximate surface area is 174 Å². The number of hydrogen-bond donors (Lipinski definition) is 2. The van der Waals surface area contributed by atoms with Crippen molar-refractivity contribution < 1.29 is 22.7 Å². The summed E-state index contributed by atoms with van der Waals surface area (Å²) in [6, 6.07) is 7.72. The zero-order chi connectivity index (χ0) is 20.9. The third-order valence-corrected chi connectivity index (χ3v) is 5.67. The molecule has 1 amide bonds. The van der Waals surface area contributed by atoms with E-state index in [0.29, 0.717) is 37.6 Å². The van der Waals surface area contributed by atoms with Gasteiger partial charge in [-0.05, 0) is 30.2 Å². The largest absolute Gasteiger partial charge is 0.473 e. The second-order valence-corrected chi connectivity index (χ2v) is 8.60. The van der Waals surface area contributed by atoms with Gasteiger partial charge in [-0.3, -0.25) is 4.79 Å². The number of amides is 1. The van der Waals surface area contributed by atoms with Crippen molar-refractivity contribution in [3.63, 3.8) is 0 Å². The van der Waals surface area contributed by atoms with Gasteiger partial charge in [0, 0.05) is 25.6 Å². The summed E-state index contributed by atoms with van der Waals surface area (Å²) in [5.74, 6) is 0.00300. The number of ether oxygens (including phenoxy) is 2. The fourth-order valence-electron chi connectivity index (χ4n) is 2.86. The Kier molecular flexibility index (Phi) is 7.07. The maximum Gasteiger partial charge on any atom is 0.252 e. The molecule has 0 bridgehead atoms. The van der Waals surface area contributed by atoms with E-state index in [9.17, 15) is 13.2 Å². The van der Waals surface area contributed by atoms with E-state index in [1.165, 1.54) is 24.4 Å². The van der Waals surface area contributed by atoms with Crippen molar-refractivity contribution in [1.29, 1.82) is 0 Å². The van der Waals surface area contributed by atoms with Gasteiger partial charge in [0.2, 0.25) is 15.9 Å². The van der Waals surface area contributed by atoms with Gasteiger partial charge in [0.25, 0.3) is 5.91 Å². The van der Waals surface area contributed by atoms with Crippen LogP contribution in [0, 0.1) is 0 Å². The van der Waals surface area contributed by atoms with Crippen molar-refractivity contribution in [2.24, 2.45) is 5.14 Å². The molecule has 1 aromatic carbocycles. The highest BCUT2D eigenvalue weighted by atomic mass is 35.5. The van der Waals surface area contributed by atoms with Crippen LogP contribution < -0.4 is 15.2 Å². The van der Waals surface area contributed by atoms with E-state index in [1.54, 1.807) is 12.1 Å². The first kappa shape index (κ1) is 21.5. The maximum absolute atomic E-state index is 12.3. The maximum atomic E-state index is 12.3. The Morgan fingerprint density at radius 2 is 1.97 bits per heavy atom. The van der Waals surface area contributed by atoms with Crippen LogP contribution in [-0.2, 0) is 21.2 Å². The molecule has 8 nitrogen and oxygen atoms in total. The molecule has 2 heterocycles. The Morgan fingerprint density at radius 1 is 1.28 bits per heavy atom. The van der Waals surface area contributed by atoms with Crippen LogP contribution >= 0.6 is 11.6 Å². The van der Waals surface area contributed by atoms with Gasteiger partial charge in [0.05, 0.1) is 23.7 Å². The summed E-state index contributed by atoms with van der Waals surface area (Å²) < 4.78 is 33.6. The molecule has 1 aliphatic rings. The summed E-state index contributed by atoms with van der Waals surface area (Å²) >= 11 is 6.22. The predicted molar refractivity (Wildman–Crippen MR) is 108 cm³/mol. The SMILES string of the molecule is NS(=O)(=O)c1ccc(CCNC(=O)c2cnc(OC3CCOCC3)c(Cl)c2)cc1. The van der Waals surface area contributed by atoms with Crippen molar-refractivity contribution in [1.82, 2.24) is 10.3 Å². The molecule has 0 unspecified atom stereocenters. The van der Waals surface area contributed by atoms with Crippen LogP contribution in [0.2, 0.25) is 5.02 Å². The monoisotopic (exact) mass is 439 g/mol. The predicted octanol–water partition coefficient (Wildman–Crippen LogP) is 1.91. The number of benzene rings is 1. The van der Waals surface area contributed by atoms with E-state index in [1.807, 2.05) is 0 Å². The van der Waals surface area contributed by atoms with Crippen molar-refractivity contribution >= 4 is 27.5 Å². The second kappa shape index (κ2) is 9.53. The van der Waals surface area contributed by atoms with E-state index in [-0.39, 0.29) is 21.9 Å². The van der Waals surface area contributed by atoms with Gasteiger partial charge in [0.15, 0.2) is 0 Å². The second-order valence-electron chi connectivity index (χ2n) is 6.64. The van der Waals surface area contributed by atoms with Gasteiger partial charge in [-0.2, -0.15) is 0 Å². The minimum atomic E-state index is -3.71. The van der Waals surface area contributed by atoms with Gasteiger partial charge in [-0.15, -0.1) is 0 Å². The number of nitrogens with zero attached hydrogens (tertiary/aromatic N) is 1. The molecular weight excluding hydrogens is 418 g/mol. The molecule has 29 heavy (non-hydrogen) atoms. The van der Waals surface area contributed by atoms with Crippen LogP contribution in [0.1, 0.15) is 28.8 Å². The van der Waals surface area contributed by atoms with Crippen LogP contribution in [0.5, 0.6) is 5.88 Å². The molecule has 1 saturated heterocycles. The molecule has 1 fully saturated rings. The summed E-state index contributed by atoms with van der Waals surface area (Å²) in [5, 5.41) is 8.13. The summed E-state index contributed by atoms with van der Waals surface area (Å²) in [5.41, 5.74) is 1.20. The van der Waals surface area contributed by atoms with E-state index < -0.39 is 10.0 Å². The Bertz CT molecular complexity index is 960. The third kappa shape index (κ3) is 6.14. The quantitative estimate of drug-likeness (QED) is 0.679. The number of aromatic nitrogens is 1. The Balaban J connectivity index is 1.52. The number of nitrogens with two attached hydrogens (primary N) is 1. The van der Waals surface area contributed by atoms with Gasteiger partial charge in [0.1, 0.15) is 11.1 Å². The zero-order valence-electron chi connectivity index (χ0n) is 15.6. The number of carbonyl (C=O) groups is 1. The summed E-state index contributed by atoms with van der Waals surface area (Å²) in [4.78, 5) is 16.5. The number of hydrogen-bond acceptors (Lipinski definition) is 6. The van der Waals surface area contributed by atoms with Gasteiger partial charge >= 0.3 is 0 Å². The van der Waals surface area contributed by atoms with Crippen molar-refractivity contribution in [2.75, 3.05) is 19.8 Å². The van der Waals surface area contributed by atoms with E-state index >= 15 is 0 Å². The van der Waals surface area contributed by atoms with Gasteiger partial charge in [-0.25, -0.2) is 18.5 Å². The molecule has 1 aromatic heterocycles. The third-order valence-electron chi connectivity index (χ3n) is 4.47. The molecule has 10 heteroatoms. The van der Waals surface area contributed by atoms with E-state index in [0.717, 1.165) is 18.4 Å². The Morgan fingerprint density at radius 3 is 2.59 bits per heavy atom. The summed E-state index contributed by atoms with van der Waals surface area (Å²) in [7, 11) is -3.71. The lowest BCUT2D eigenvalue weighted by atomic mass is 10.1. The van der Waals surface area contributed by atoms with Crippen LogP contribution in [-0.4, -0.2) is 45.2 Å². The molecule has 156 valence electrons. The molecule has 3 N–H and O–H groups in total. The standard InChI is InChI=1S/C19H22ClN3O5S/c20-17-11-14(12-23-19(17)28-15-6-9-27-10-7-15)18(24)22-8-5-13-1-3-16(4-2-13)29(21,25)26/h1-4,11-12,15H,5-10H2,(H,22,24)(H2,21,25,26). The topological polar surface area (TPSA) is 121 Å². The average Bonchev–Trinajstić information content (AvgIpc) is 2.70. The number of sulfonamides is 1. The van der Waals surface area contributed by atoms with Crippen molar-refractivity contribution in [2.45, 2.75) is 30.3 Å². The number of rotatable bonds is 7. The Hall–Kier alpha value is -2.20. The number of primary sulfonamides is 1. The molecule has 0 atom stereocenters. The van der Waals surface area contributed by atoms with Crippen LogP contribution in [0.3, 0.4) is 0 Å². The normalized spacial score (nSPS) is 15.1. The van der Waals surface area contributed by atoms with E-state index in [2.05, 4.69) is 10.3 Å². The van der Waals surface area contributed by atoms with Crippen LogP contribution in [0.4, 0.5) is 0 Å². The first-order valence-electron chi connectivity index (χ1n) is 9.13. The van der Waals surface area contributed by atoms with Gasteiger partial charge in [-0.1, -0.05) is 23.7 Å². The van der Waals surface area contributed by atoms with Crippen molar-refractivity contribution in [3.8, 4) is 5.88 Å². The summed E-state index contributed by atoms with van der Waals surface area (Å²) in [6.45, 7) is 1.66. The molecule has 0 aliphatic carbocycles. The number of carbonyl (C=O) groups excluding carboxylic acids is 1. The zero-order valence-corrected chi connectivity index (χ0v) is 17.2. The highest BCUT2D eigenvalue weighted by molar-refractivity contribution is 7.89. The number of pyridine rings is 1. The lowest BCUT2D eigenvalue weighted by molar-refractivity contribution is 0.0238. The molecule has 0 radical (unpaired) electrons. The first-order chi connectivity index (χ1) is 13.8. The van der Waals surface area contributed by atoms with E-state index in [4.69, 9.17) is 26.2 Å². The fraction of sp³-hybridized carbons (Fsp3) is 0.368. The minimum Gasteiger partial charge on any atom is -0.473 e. The van der Waals surface area contributed by atoms with Crippen LogP contribution in [0.25, 0.3) is 0 Å². The highest BCUT2D eigenvalue weighted by Gasteiger charge is 2.18. The minimum absolute atomic E-state index is 0.00840. The molecule has 3 rings (SSSR count). The lowest BCUT2D eigenvalue weighted by Gasteiger charge is -2.23. The lowest BCUT2D eigenvalue weighted by Crippen LogP contribution is -2.27. The number of halogens is 1. The smallest absolute Gasteiger partial charge is 0.252 e. The molecule has 1 aliphatic heterocycles. The number of nitrogens with one attached hydrogen (secondary N) is 1. The molecule has 0 saturated carbocycles. The van der Waals surface area contributed by atoms with Gasteiger partial charge < -0.3 is 14.8 Å². The molecule has 0 spiro atoms. The molecular formula is C19H22ClN3O5S. The highest BCUT2D eigenvalue weighted by Crippen LogP contribution is 2.25. The first-order valence-corrected chi connectivity index (χ1v) is 11.1. The average molecular weight is 440 g/mol. The molecule has 2 aromatic rings. The fourth-order valence-corrected chi connectivity index (χ4v) is 3.58. The summed E-state index contributed by atoms with van der Waals surface area (Å²) in [6.07, 6.45) is 3.52. The van der Waals surface area contributed by atoms with Crippen LogP contribution in [0.15, 0.2) is 41.4 Å². The van der Waals surface area contributed by atoms with Crippen molar-refractivity contribution in [3.05, 3.63) is 52.7 Å².